The second-order valence-electron chi connectivity index (χ2n) is 20.5. The van der Waals surface area contributed by atoms with Crippen molar-refractivity contribution in [1.82, 2.24) is 0 Å². The monoisotopic (exact) mass is 891 g/mol. The summed E-state index contributed by atoms with van der Waals surface area (Å²) in [5.41, 5.74) is 0. The summed E-state index contributed by atoms with van der Waals surface area (Å²) < 4.78 is 16.9. The smallest absolute Gasteiger partial charge is 0.306 e. The summed E-state index contributed by atoms with van der Waals surface area (Å²) in [6.07, 6.45) is 52.4. The number of rotatable bonds is 51. The van der Waals surface area contributed by atoms with E-state index in [9.17, 15) is 14.4 Å². The molecule has 0 fully saturated rings. The summed E-state index contributed by atoms with van der Waals surface area (Å²) in [6, 6.07) is 0. The normalized spacial score (nSPS) is 12.0. The average Bonchev–Trinajstić information content (AvgIpc) is 3.25. The average molecular weight is 892 g/mol. The Morgan fingerprint density at radius 3 is 0.778 bits per heavy atom. The van der Waals surface area contributed by atoms with E-state index in [-0.39, 0.29) is 31.1 Å². The Morgan fingerprint density at radius 1 is 0.302 bits per heavy atom. The van der Waals surface area contributed by atoms with Gasteiger partial charge < -0.3 is 14.2 Å². The molecule has 0 radical (unpaired) electrons. The first-order chi connectivity index (χ1) is 30.7. The quantitative estimate of drug-likeness (QED) is 0.0344. The van der Waals surface area contributed by atoms with Crippen LogP contribution in [0.3, 0.4) is 0 Å². The first-order valence-corrected chi connectivity index (χ1v) is 28.2. The Kier molecular flexibility index (Phi) is 48.6. The minimum Gasteiger partial charge on any atom is -0.462 e. The molecule has 0 bridgehead atoms. The third-order valence-corrected chi connectivity index (χ3v) is 13.0. The molecular formula is C57H110O6. The third-order valence-electron chi connectivity index (χ3n) is 13.0. The van der Waals surface area contributed by atoms with Crippen molar-refractivity contribution in [3.8, 4) is 0 Å². The number of carbonyl (C=O) groups is 3. The minimum atomic E-state index is -0.763. The lowest BCUT2D eigenvalue weighted by Gasteiger charge is -2.18. The van der Waals surface area contributed by atoms with Gasteiger partial charge in [-0.1, -0.05) is 279 Å². The number of hydrogen-bond acceptors (Lipinski definition) is 6. The molecule has 0 aliphatic rings. The van der Waals surface area contributed by atoms with Gasteiger partial charge in [-0.2, -0.15) is 0 Å². The maximum atomic E-state index is 12.8. The van der Waals surface area contributed by atoms with Gasteiger partial charge in [-0.15, -0.1) is 0 Å². The predicted molar refractivity (Wildman–Crippen MR) is 270 cm³/mol. The fourth-order valence-electron chi connectivity index (χ4n) is 8.70. The van der Waals surface area contributed by atoms with E-state index in [0.717, 1.165) is 69.6 Å². The fraction of sp³-hybridized carbons (Fsp3) is 0.947. The first kappa shape index (κ1) is 61.4. The van der Waals surface area contributed by atoms with Crippen LogP contribution in [0, 0.1) is 11.8 Å². The van der Waals surface area contributed by atoms with Gasteiger partial charge in [0.2, 0.25) is 0 Å². The summed E-state index contributed by atoms with van der Waals surface area (Å²) >= 11 is 0. The first-order valence-electron chi connectivity index (χ1n) is 28.2. The van der Waals surface area contributed by atoms with Gasteiger partial charge in [-0.05, 0) is 31.1 Å². The molecule has 0 heterocycles. The van der Waals surface area contributed by atoms with Crippen LogP contribution in [0.4, 0.5) is 0 Å². The molecule has 0 rings (SSSR count). The highest BCUT2D eigenvalue weighted by molar-refractivity contribution is 5.71. The zero-order valence-electron chi connectivity index (χ0n) is 43.2. The van der Waals surface area contributed by atoms with Crippen molar-refractivity contribution in [3.63, 3.8) is 0 Å². The van der Waals surface area contributed by atoms with E-state index in [4.69, 9.17) is 14.2 Å². The highest BCUT2D eigenvalue weighted by Gasteiger charge is 2.19. The summed E-state index contributed by atoms with van der Waals surface area (Å²) in [5, 5.41) is 0. The largest absolute Gasteiger partial charge is 0.462 e. The number of unbranched alkanes of at least 4 members (excludes halogenated alkanes) is 36. The van der Waals surface area contributed by atoms with Gasteiger partial charge in [0.1, 0.15) is 13.2 Å². The Hall–Kier alpha value is -1.59. The standard InChI is InChI=1S/C57H110O6/c1-6-7-8-9-10-11-12-13-14-15-16-17-18-19-24-27-34-39-44-49-57(60)63-54(51-62-56(59)48-43-38-33-29-28-31-36-41-46-53(4)5)50-61-55(58)47-42-37-32-26-23-21-20-22-25-30-35-40-45-52(2)3/h52-54H,6-51H2,1-5H3/t54-/m1/s1. The molecule has 0 amide bonds. The Balaban J connectivity index is 4.26. The van der Waals surface area contributed by atoms with Gasteiger partial charge in [0.25, 0.3) is 0 Å². The highest BCUT2D eigenvalue weighted by Crippen LogP contribution is 2.18. The molecule has 0 aromatic heterocycles. The maximum Gasteiger partial charge on any atom is 0.306 e. The van der Waals surface area contributed by atoms with Crippen molar-refractivity contribution in [2.45, 2.75) is 323 Å². The van der Waals surface area contributed by atoms with Crippen molar-refractivity contribution in [2.24, 2.45) is 11.8 Å². The van der Waals surface area contributed by atoms with E-state index in [0.29, 0.717) is 19.3 Å². The van der Waals surface area contributed by atoms with E-state index < -0.39 is 6.10 Å². The molecule has 6 nitrogen and oxygen atoms in total. The fourth-order valence-corrected chi connectivity index (χ4v) is 8.70. The predicted octanol–water partition coefficient (Wildman–Crippen LogP) is 18.5. The molecule has 0 aromatic carbocycles. The van der Waals surface area contributed by atoms with Crippen molar-refractivity contribution in [1.29, 1.82) is 0 Å². The topological polar surface area (TPSA) is 78.9 Å². The molecule has 63 heavy (non-hydrogen) atoms. The number of hydrogen-bond donors (Lipinski definition) is 0. The highest BCUT2D eigenvalue weighted by atomic mass is 16.6. The molecule has 0 unspecified atom stereocenters. The second kappa shape index (κ2) is 49.8. The van der Waals surface area contributed by atoms with E-state index >= 15 is 0 Å². The van der Waals surface area contributed by atoms with E-state index in [1.165, 1.54) is 205 Å². The molecule has 0 saturated heterocycles. The van der Waals surface area contributed by atoms with Gasteiger partial charge in [-0.3, -0.25) is 14.4 Å². The summed E-state index contributed by atoms with van der Waals surface area (Å²) in [5.74, 6) is 0.786. The number of carbonyl (C=O) groups excluding carboxylic acids is 3. The number of ether oxygens (including phenoxy) is 3. The third kappa shape index (κ3) is 51.3. The van der Waals surface area contributed by atoms with Crippen LogP contribution in [0.15, 0.2) is 0 Å². The van der Waals surface area contributed by atoms with Crippen molar-refractivity contribution >= 4 is 17.9 Å². The van der Waals surface area contributed by atoms with E-state index in [1.807, 2.05) is 0 Å². The number of esters is 3. The Labute approximate surface area is 393 Å². The lowest BCUT2D eigenvalue weighted by Crippen LogP contribution is -2.30. The zero-order chi connectivity index (χ0) is 46.1. The van der Waals surface area contributed by atoms with Crippen molar-refractivity contribution in [3.05, 3.63) is 0 Å². The van der Waals surface area contributed by atoms with Gasteiger partial charge in [0.15, 0.2) is 6.10 Å². The minimum absolute atomic E-state index is 0.0636. The zero-order valence-corrected chi connectivity index (χ0v) is 43.2. The van der Waals surface area contributed by atoms with Gasteiger partial charge in [0.05, 0.1) is 0 Å². The lowest BCUT2D eigenvalue weighted by molar-refractivity contribution is -0.167. The maximum absolute atomic E-state index is 12.8. The second-order valence-corrected chi connectivity index (χ2v) is 20.5. The summed E-state index contributed by atoms with van der Waals surface area (Å²) in [7, 11) is 0. The summed E-state index contributed by atoms with van der Waals surface area (Å²) in [4.78, 5) is 38.1. The molecule has 0 aromatic rings. The van der Waals surface area contributed by atoms with Crippen molar-refractivity contribution < 1.29 is 28.6 Å². The molecule has 0 aliphatic carbocycles. The van der Waals surface area contributed by atoms with Gasteiger partial charge in [0, 0.05) is 19.3 Å². The molecule has 0 spiro atoms. The van der Waals surface area contributed by atoms with Crippen LogP contribution in [0.2, 0.25) is 0 Å². The van der Waals surface area contributed by atoms with Gasteiger partial charge >= 0.3 is 17.9 Å². The summed E-state index contributed by atoms with van der Waals surface area (Å²) in [6.45, 7) is 11.4. The van der Waals surface area contributed by atoms with Crippen LogP contribution in [-0.2, 0) is 28.6 Å². The Bertz CT molecular complexity index is 962. The Morgan fingerprint density at radius 2 is 0.524 bits per heavy atom. The van der Waals surface area contributed by atoms with Crippen molar-refractivity contribution in [2.75, 3.05) is 13.2 Å². The van der Waals surface area contributed by atoms with E-state index in [1.54, 1.807) is 0 Å². The van der Waals surface area contributed by atoms with E-state index in [2.05, 4.69) is 34.6 Å². The van der Waals surface area contributed by atoms with Crippen LogP contribution in [0.1, 0.15) is 317 Å². The van der Waals surface area contributed by atoms with Crippen LogP contribution >= 0.6 is 0 Å². The molecule has 0 N–H and O–H groups in total. The molecule has 374 valence electrons. The molecule has 0 saturated carbocycles. The molecular weight excluding hydrogens is 781 g/mol. The lowest BCUT2D eigenvalue weighted by atomic mass is 10.0. The van der Waals surface area contributed by atoms with Crippen LogP contribution < -0.4 is 0 Å². The van der Waals surface area contributed by atoms with Gasteiger partial charge in [-0.25, -0.2) is 0 Å². The van der Waals surface area contributed by atoms with Crippen LogP contribution in [0.25, 0.3) is 0 Å². The van der Waals surface area contributed by atoms with Crippen LogP contribution in [0.5, 0.6) is 0 Å². The molecule has 0 aliphatic heterocycles. The molecule has 6 heteroatoms. The van der Waals surface area contributed by atoms with Crippen LogP contribution in [-0.4, -0.2) is 37.2 Å². The SMILES string of the molecule is CCCCCCCCCCCCCCCCCCCCCC(=O)O[C@H](COC(=O)CCCCCCCCCCCCCCC(C)C)COC(=O)CCCCCCCCCCC(C)C. The molecule has 1 atom stereocenters.